The molecule has 178 valence electrons. The van der Waals surface area contributed by atoms with Crippen LogP contribution in [-0.2, 0) is 6.54 Å². The van der Waals surface area contributed by atoms with Crippen molar-refractivity contribution >= 4 is 23.4 Å². The molecule has 1 aliphatic rings. The van der Waals surface area contributed by atoms with Crippen LogP contribution < -0.4 is 10.1 Å². The summed E-state index contributed by atoms with van der Waals surface area (Å²) in [7, 11) is 1.62. The van der Waals surface area contributed by atoms with Crippen LogP contribution in [0, 0.1) is 0 Å². The Bertz CT molecular complexity index is 1350. The standard InChI is InChI=1S/C26H24N4O4S/c1-16-22(25-28-24(29-34-25)18-8-12-21(35-3)13-9-18)23(17-6-10-19(32-2)11-7-17)27-26(31)30(16)15-20-5-4-14-33-20/h4-14,23H,15H2,1-3H3,(H,27,31). The minimum Gasteiger partial charge on any atom is -0.497 e. The average Bonchev–Trinajstić information content (AvgIpc) is 3.59. The largest absolute Gasteiger partial charge is 0.497 e. The van der Waals surface area contributed by atoms with E-state index in [1.165, 1.54) is 0 Å². The molecule has 1 atom stereocenters. The van der Waals surface area contributed by atoms with Gasteiger partial charge < -0.3 is 19.0 Å². The van der Waals surface area contributed by atoms with E-state index in [0.717, 1.165) is 27.3 Å². The van der Waals surface area contributed by atoms with Crippen LogP contribution in [0.2, 0.25) is 0 Å². The SMILES string of the molecule is COc1ccc(C2NC(=O)N(Cc3ccco3)C(C)=C2c2nc(-c3ccc(SC)cc3)no2)cc1. The predicted molar refractivity (Wildman–Crippen MR) is 133 cm³/mol. The van der Waals surface area contributed by atoms with Crippen molar-refractivity contribution in [3.8, 4) is 17.1 Å². The van der Waals surface area contributed by atoms with Gasteiger partial charge >= 0.3 is 6.03 Å². The molecule has 0 radical (unpaired) electrons. The van der Waals surface area contributed by atoms with Gasteiger partial charge in [0, 0.05) is 16.2 Å². The van der Waals surface area contributed by atoms with Crippen molar-refractivity contribution < 1.29 is 18.5 Å². The summed E-state index contributed by atoms with van der Waals surface area (Å²) in [5.74, 6) is 2.22. The Morgan fingerprint density at radius 1 is 1.11 bits per heavy atom. The molecule has 3 heterocycles. The number of carbonyl (C=O) groups excluding carboxylic acids is 1. The van der Waals surface area contributed by atoms with Crippen LogP contribution in [0.3, 0.4) is 0 Å². The van der Waals surface area contributed by atoms with Gasteiger partial charge in [-0.3, -0.25) is 4.90 Å². The maximum absolute atomic E-state index is 13.1. The maximum atomic E-state index is 13.1. The molecule has 4 aromatic rings. The zero-order valence-electron chi connectivity index (χ0n) is 19.5. The van der Waals surface area contributed by atoms with Crippen molar-refractivity contribution in [2.75, 3.05) is 13.4 Å². The first kappa shape index (κ1) is 22.8. The first-order valence-corrected chi connectivity index (χ1v) is 12.2. The second-order valence-electron chi connectivity index (χ2n) is 7.97. The quantitative estimate of drug-likeness (QED) is 0.331. The van der Waals surface area contributed by atoms with Crippen molar-refractivity contribution in [3.63, 3.8) is 0 Å². The molecule has 0 saturated heterocycles. The van der Waals surface area contributed by atoms with Crippen molar-refractivity contribution in [3.05, 3.63) is 89.8 Å². The first-order valence-electron chi connectivity index (χ1n) is 11.0. The van der Waals surface area contributed by atoms with E-state index in [1.54, 1.807) is 36.1 Å². The Morgan fingerprint density at radius 2 is 1.89 bits per heavy atom. The number of rotatable bonds is 7. The maximum Gasteiger partial charge on any atom is 0.322 e. The molecular formula is C26H24N4O4S. The van der Waals surface area contributed by atoms with Crippen LogP contribution in [0.4, 0.5) is 4.79 Å². The zero-order valence-corrected chi connectivity index (χ0v) is 20.3. The highest BCUT2D eigenvalue weighted by molar-refractivity contribution is 7.98. The number of thioether (sulfide) groups is 1. The fourth-order valence-electron chi connectivity index (χ4n) is 4.04. The van der Waals surface area contributed by atoms with E-state index in [-0.39, 0.29) is 12.6 Å². The lowest BCUT2D eigenvalue weighted by atomic mass is 9.94. The number of ether oxygens (including phenoxy) is 1. The Balaban J connectivity index is 1.57. The van der Waals surface area contributed by atoms with E-state index in [1.807, 2.05) is 67.8 Å². The summed E-state index contributed by atoms with van der Waals surface area (Å²) in [6.07, 6.45) is 3.62. The molecule has 35 heavy (non-hydrogen) atoms. The predicted octanol–water partition coefficient (Wildman–Crippen LogP) is 5.76. The van der Waals surface area contributed by atoms with Crippen LogP contribution in [0.25, 0.3) is 17.0 Å². The number of benzene rings is 2. The summed E-state index contributed by atoms with van der Waals surface area (Å²) in [4.78, 5) is 20.6. The summed E-state index contributed by atoms with van der Waals surface area (Å²) in [5.41, 5.74) is 3.15. The van der Waals surface area contributed by atoms with Gasteiger partial charge in [0.2, 0.25) is 5.82 Å². The highest BCUT2D eigenvalue weighted by Crippen LogP contribution is 2.38. The minimum atomic E-state index is -0.478. The van der Waals surface area contributed by atoms with Gasteiger partial charge in [-0.2, -0.15) is 4.98 Å². The number of urea groups is 1. The van der Waals surface area contributed by atoms with Crippen molar-refractivity contribution in [1.29, 1.82) is 0 Å². The number of nitrogens with one attached hydrogen (secondary N) is 1. The molecule has 0 saturated carbocycles. The second-order valence-corrected chi connectivity index (χ2v) is 8.85. The van der Waals surface area contributed by atoms with Crippen LogP contribution in [0.1, 0.15) is 30.2 Å². The lowest BCUT2D eigenvalue weighted by molar-refractivity contribution is 0.199. The van der Waals surface area contributed by atoms with Crippen molar-refractivity contribution in [2.24, 2.45) is 0 Å². The smallest absolute Gasteiger partial charge is 0.322 e. The summed E-state index contributed by atoms with van der Waals surface area (Å²) >= 11 is 1.67. The zero-order chi connectivity index (χ0) is 24.4. The number of amides is 2. The molecule has 0 spiro atoms. The fraction of sp³-hybridized carbons (Fsp3) is 0.192. The van der Waals surface area contributed by atoms with Crippen LogP contribution in [0.5, 0.6) is 5.75 Å². The number of carbonyl (C=O) groups is 1. The van der Waals surface area contributed by atoms with E-state index in [4.69, 9.17) is 18.7 Å². The molecule has 0 fully saturated rings. The van der Waals surface area contributed by atoms with Crippen LogP contribution >= 0.6 is 11.8 Å². The lowest BCUT2D eigenvalue weighted by Gasteiger charge is -2.34. The number of methoxy groups -OCH3 is 1. The molecular weight excluding hydrogens is 464 g/mol. The number of aromatic nitrogens is 2. The molecule has 1 N–H and O–H groups in total. The molecule has 9 heteroatoms. The first-order chi connectivity index (χ1) is 17.1. The van der Waals surface area contributed by atoms with Gasteiger partial charge in [0.15, 0.2) is 0 Å². The van der Waals surface area contributed by atoms with Crippen LogP contribution in [0.15, 0.2) is 86.5 Å². The fourth-order valence-corrected chi connectivity index (χ4v) is 4.45. The molecule has 1 unspecified atom stereocenters. The molecule has 2 amide bonds. The lowest BCUT2D eigenvalue weighted by Crippen LogP contribution is -2.45. The molecule has 2 aromatic heterocycles. The monoisotopic (exact) mass is 488 g/mol. The van der Waals surface area contributed by atoms with E-state index in [0.29, 0.717) is 23.2 Å². The Hall–Kier alpha value is -3.98. The summed E-state index contributed by atoms with van der Waals surface area (Å²) < 4.78 is 16.5. The van der Waals surface area contributed by atoms with Crippen LogP contribution in [-0.4, -0.2) is 34.4 Å². The summed E-state index contributed by atoms with van der Waals surface area (Å²) in [6.45, 7) is 2.16. The third-order valence-corrected chi connectivity index (χ3v) is 6.69. The van der Waals surface area contributed by atoms with Crippen molar-refractivity contribution in [2.45, 2.75) is 24.4 Å². The highest BCUT2D eigenvalue weighted by Gasteiger charge is 2.36. The number of allylic oxidation sites excluding steroid dienone is 1. The summed E-state index contributed by atoms with van der Waals surface area (Å²) in [6, 6.07) is 18.4. The van der Waals surface area contributed by atoms with Gasteiger partial charge in [0.05, 0.1) is 31.5 Å². The molecule has 1 aliphatic heterocycles. The minimum absolute atomic E-state index is 0.240. The summed E-state index contributed by atoms with van der Waals surface area (Å²) in [5, 5.41) is 7.32. The molecule has 2 aromatic carbocycles. The second kappa shape index (κ2) is 9.71. The molecule has 8 nitrogen and oxygen atoms in total. The Kier molecular flexibility index (Phi) is 6.33. The van der Waals surface area contributed by atoms with Gasteiger partial charge in [-0.25, -0.2) is 4.79 Å². The Morgan fingerprint density at radius 3 is 2.54 bits per heavy atom. The van der Waals surface area contributed by atoms with E-state index in [2.05, 4.69) is 10.5 Å². The third-order valence-electron chi connectivity index (χ3n) is 5.94. The van der Waals surface area contributed by atoms with Crippen molar-refractivity contribution in [1.82, 2.24) is 20.4 Å². The average molecular weight is 489 g/mol. The normalized spacial score (nSPS) is 15.9. The van der Waals surface area contributed by atoms with E-state index in [9.17, 15) is 4.79 Å². The van der Waals surface area contributed by atoms with Gasteiger partial charge in [-0.1, -0.05) is 17.3 Å². The molecule has 0 bridgehead atoms. The van der Waals surface area contributed by atoms with Gasteiger partial charge in [-0.15, -0.1) is 11.8 Å². The molecule has 5 rings (SSSR count). The van der Waals surface area contributed by atoms with E-state index < -0.39 is 6.04 Å². The Labute approximate surface area is 207 Å². The topological polar surface area (TPSA) is 93.6 Å². The van der Waals surface area contributed by atoms with Gasteiger partial charge in [0.25, 0.3) is 5.89 Å². The highest BCUT2D eigenvalue weighted by atomic mass is 32.2. The van der Waals surface area contributed by atoms with Gasteiger partial charge in [-0.05, 0) is 67.3 Å². The number of furan rings is 1. The number of hydrogen-bond acceptors (Lipinski definition) is 7. The number of nitrogens with zero attached hydrogens (tertiary/aromatic N) is 3. The molecule has 0 aliphatic carbocycles. The van der Waals surface area contributed by atoms with Gasteiger partial charge in [0.1, 0.15) is 11.5 Å². The number of hydrogen-bond donors (Lipinski definition) is 1. The van der Waals surface area contributed by atoms with E-state index >= 15 is 0 Å². The third kappa shape index (κ3) is 4.54.